The van der Waals surface area contributed by atoms with E-state index in [-0.39, 0.29) is 5.91 Å². The summed E-state index contributed by atoms with van der Waals surface area (Å²) in [6.45, 7) is 4.20. The highest BCUT2D eigenvalue weighted by Crippen LogP contribution is 2.34. The Kier molecular flexibility index (Phi) is 3.86. The smallest absolute Gasteiger partial charge is 0.242 e. The molecule has 0 saturated heterocycles. The second-order valence-corrected chi connectivity index (χ2v) is 5.13. The van der Waals surface area contributed by atoms with Crippen molar-refractivity contribution >= 4 is 5.91 Å². The van der Waals surface area contributed by atoms with Gasteiger partial charge in [0.1, 0.15) is 5.92 Å². The van der Waals surface area contributed by atoms with Crippen LogP contribution in [0.1, 0.15) is 36.8 Å². The zero-order valence-electron chi connectivity index (χ0n) is 11.4. The molecule has 0 fully saturated rings. The van der Waals surface area contributed by atoms with Crippen molar-refractivity contribution in [1.82, 2.24) is 5.32 Å². The quantitative estimate of drug-likeness (QED) is 0.892. The Morgan fingerprint density at radius 1 is 1.20 bits per heavy atom. The van der Waals surface area contributed by atoms with Crippen molar-refractivity contribution in [3.05, 3.63) is 47.2 Å². The molecule has 1 aromatic rings. The Hall–Kier alpha value is -2.59. The molecule has 4 nitrogen and oxygen atoms in total. The van der Waals surface area contributed by atoms with E-state index < -0.39 is 11.8 Å². The third-order valence-electron chi connectivity index (χ3n) is 3.55. The lowest BCUT2D eigenvalue weighted by atomic mass is 9.79. The van der Waals surface area contributed by atoms with Gasteiger partial charge in [0.2, 0.25) is 5.91 Å². The van der Waals surface area contributed by atoms with Gasteiger partial charge < -0.3 is 5.32 Å². The zero-order chi connectivity index (χ0) is 14.7. The van der Waals surface area contributed by atoms with Crippen LogP contribution in [-0.4, -0.2) is 5.91 Å². The van der Waals surface area contributed by atoms with Crippen LogP contribution in [0.15, 0.2) is 36.0 Å². The summed E-state index contributed by atoms with van der Waals surface area (Å²) < 4.78 is 0. The number of nitrogens with one attached hydrogen (secondary N) is 1. The van der Waals surface area contributed by atoms with E-state index in [2.05, 4.69) is 25.2 Å². The predicted octanol–water partition coefficient (Wildman–Crippen LogP) is 2.57. The maximum atomic E-state index is 11.8. The molecule has 1 aliphatic heterocycles. The molecule has 0 radical (unpaired) electrons. The van der Waals surface area contributed by atoms with Gasteiger partial charge in [0, 0.05) is 12.1 Å². The fraction of sp³-hybridized carbons (Fsp3) is 0.312. The lowest BCUT2D eigenvalue weighted by Gasteiger charge is -2.25. The first-order valence-electron chi connectivity index (χ1n) is 6.48. The molecule has 1 N–H and O–H groups in total. The summed E-state index contributed by atoms with van der Waals surface area (Å²) >= 11 is 0. The lowest BCUT2D eigenvalue weighted by Crippen LogP contribution is -2.35. The van der Waals surface area contributed by atoms with Gasteiger partial charge in [0.15, 0.2) is 0 Å². The number of rotatable bonds is 2. The average Bonchev–Trinajstić information content (AvgIpc) is 2.47. The van der Waals surface area contributed by atoms with E-state index in [0.29, 0.717) is 11.5 Å². The van der Waals surface area contributed by atoms with Crippen LogP contribution in [0, 0.1) is 28.6 Å². The minimum Gasteiger partial charge on any atom is -0.330 e. The Labute approximate surface area is 118 Å². The summed E-state index contributed by atoms with van der Waals surface area (Å²) in [5.74, 6) is -1.29. The van der Waals surface area contributed by atoms with Crippen LogP contribution in [0.25, 0.3) is 0 Å². The van der Waals surface area contributed by atoms with Crippen molar-refractivity contribution < 1.29 is 4.79 Å². The molecule has 2 atom stereocenters. The van der Waals surface area contributed by atoms with Gasteiger partial charge in [0.25, 0.3) is 0 Å². The van der Waals surface area contributed by atoms with Gasteiger partial charge in [-0.1, -0.05) is 38.1 Å². The summed E-state index contributed by atoms with van der Waals surface area (Å²) in [6, 6.07) is 11.8. The summed E-state index contributed by atoms with van der Waals surface area (Å²) in [5, 5.41) is 20.9. The number of nitriles is 2. The van der Waals surface area contributed by atoms with E-state index in [1.807, 2.05) is 30.3 Å². The fourth-order valence-electron chi connectivity index (χ4n) is 2.35. The first-order valence-corrected chi connectivity index (χ1v) is 6.48. The monoisotopic (exact) mass is 265 g/mol. The third kappa shape index (κ3) is 2.41. The second kappa shape index (κ2) is 5.59. The van der Waals surface area contributed by atoms with Crippen LogP contribution >= 0.6 is 0 Å². The minimum absolute atomic E-state index is 0.357. The van der Waals surface area contributed by atoms with E-state index >= 15 is 0 Å². The number of nitrogens with zero attached hydrogens (tertiary/aromatic N) is 2. The molecule has 1 aromatic carbocycles. The van der Waals surface area contributed by atoms with E-state index in [4.69, 9.17) is 0 Å². The molecule has 0 aromatic heterocycles. The van der Waals surface area contributed by atoms with Gasteiger partial charge in [-0.15, -0.1) is 0 Å². The number of carbonyl (C=O) groups is 1. The van der Waals surface area contributed by atoms with E-state index in [1.54, 1.807) is 0 Å². The normalized spacial score (nSPS) is 21.6. The van der Waals surface area contributed by atoms with E-state index in [1.165, 1.54) is 11.8 Å². The maximum absolute atomic E-state index is 11.8. The lowest BCUT2D eigenvalue weighted by molar-refractivity contribution is -0.123. The highest BCUT2D eigenvalue weighted by molar-refractivity contribution is 5.85. The average molecular weight is 265 g/mol. The Morgan fingerprint density at radius 3 is 2.35 bits per heavy atom. The summed E-state index contributed by atoms with van der Waals surface area (Å²) in [7, 11) is 0. The summed E-state index contributed by atoms with van der Waals surface area (Å²) in [4.78, 5) is 11.8. The number of allylic oxidation sites excluding steroid dienone is 1. The zero-order valence-corrected chi connectivity index (χ0v) is 11.4. The SMILES string of the molecule is CC(C)c1ccc(C2C(C#N)=CNC(=O)C2C#N)cc1. The van der Waals surface area contributed by atoms with Crippen LogP contribution in [-0.2, 0) is 4.79 Å². The number of benzene rings is 1. The molecule has 1 aliphatic rings. The molecule has 0 aliphatic carbocycles. The van der Waals surface area contributed by atoms with Gasteiger partial charge in [-0.3, -0.25) is 4.79 Å². The molecule has 2 rings (SSSR count). The summed E-state index contributed by atoms with van der Waals surface area (Å²) in [6.07, 6.45) is 1.40. The fourth-order valence-corrected chi connectivity index (χ4v) is 2.35. The first-order chi connectivity index (χ1) is 9.58. The number of amides is 1. The van der Waals surface area contributed by atoms with Crippen LogP contribution in [0.2, 0.25) is 0 Å². The number of carbonyl (C=O) groups excluding carboxylic acids is 1. The van der Waals surface area contributed by atoms with Crippen LogP contribution in [0.4, 0.5) is 0 Å². The number of hydrogen-bond acceptors (Lipinski definition) is 3. The summed E-state index contributed by atoms with van der Waals surface area (Å²) in [5.41, 5.74) is 2.42. The molecule has 100 valence electrons. The molecule has 0 bridgehead atoms. The maximum Gasteiger partial charge on any atom is 0.242 e. The molecule has 2 unspecified atom stereocenters. The number of hydrogen-bond donors (Lipinski definition) is 1. The standard InChI is InChI=1S/C16H15N3O/c1-10(2)11-3-5-12(6-4-11)15-13(7-17)9-19-16(20)14(15)8-18/h3-6,9-10,14-15H,1-2H3,(H,19,20). The topological polar surface area (TPSA) is 76.7 Å². The molecule has 0 spiro atoms. The molecular weight excluding hydrogens is 250 g/mol. The Morgan fingerprint density at radius 2 is 1.85 bits per heavy atom. The van der Waals surface area contributed by atoms with Gasteiger partial charge in [0.05, 0.1) is 17.7 Å². The van der Waals surface area contributed by atoms with Gasteiger partial charge in [-0.2, -0.15) is 10.5 Å². The highest BCUT2D eigenvalue weighted by Gasteiger charge is 2.35. The largest absolute Gasteiger partial charge is 0.330 e. The first kappa shape index (κ1) is 13.8. The van der Waals surface area contributed by atoms with Crippen LogP contribution in [0.3, 0.4) is 0 Å². The Balaban J connectivity index is 2.44. The third-order valence-corrected chi connectivity index (χ3v) is 3.55. The molecule has 0 saturated carbocycles. The second-order valence-electron chi connectivity index (χ2n) is 5.13. The van der Waals surface area contributed by atoms with Gasteiger partial charge in [-0.05, 0) is 17.0 Å². The van der Waals surface area contributed by atoms with Crippen molar-refractivity contribution in [1.29, 1.82) is 10.5 Å². The van der Waals surface area contributed by atoms with Crippen molar-refractivity contribution in [2.45, 2.75) is 25.7 Å². The van der Waals surface area contributed by atoms with Crippen LogP contribution < -0.4 is 5.32 Å². The van der Waals surface area contributed by atoms with Crippen LogP contribution in [0.5, 0.6) is 0 Å². The molecular formula is C16H15N3O. The molecule has 4 heteroatoms. The van der Waals surface area contributed by atoms with E-state index in [9.17, 15) is 15.3 Å². The minimum atomic E-state index is -0.862. The molecule has 1 heterocycles. The molecule has 20 heavy (non-hydrogen) atoms. The predicted molar refractivity (Wildman–Crippen MR) is 74.2 cm³/mol. The van der Waals surface area contributed by atoms with Crippen molar-refractivity contribution in [3.63, 3.8) is 0 Å². The van der Waals surface area contributed by atoms with Crippen molar-refractivity contribution in [2.75, 3.05) is 0 Å². The van der Waals surface area contributed by atoms with Gasteiger partial charge >= 0.3 is 0 Å². The van der Waals surface area contributed by atoms with Crippen molar-refractivity contribution in [2.24, 2.45) is 5.92 Å². The molecule has 1 amide bonds. The Bertz CT molecular complexity index is 629. The van der Waals surface area contributed by atoms with Crippen molar-refractivity contribution in [3.8, 4) is 12.1 Å². The highest BCUT2D eigenvalue weighted by atomic mass is 16.1. The van der Waals surface area contributed by atoms with Gasteiger partial charge in [-0.25, -0.2) is 0 Å². The van der Waals surface area contributed by atoms with E-state index in [0.717, 1.165) is 5.56 Å².